The van der Waals surface area contributed by atoms with Gasteiger partial charge in [-0.1, -0.05) is 29.8 Å². The van der Waals surface area contributed by atoms with Gasteiger partial charge in [0.15, 0.2) is 0 Å². The molecule has 24 heavy (non-hydrogen) atoms. The van der Waals surface area contributed by atoms with Gasteiger partial charge in [-0.05, 0) is 85.5 Å². The summed E-state index contributed by atoms with van der Waals surface area (Å²) in [5, 5.41) is 10.6. The van der Waals surface area contributed by atoms with Crippen molar-refractivity contribution >= 4 is 11.6 Å². The number of phenols is 1. The smallest absolute Gasteiger partial charge is 0.115 e. The second kappa shape index (κ2) is 6.42. The van der Waals surface area contributed by atoms with Crippen LogP contribution in [0.15, 0.2) is 42.5 Å². The van der Waals surface area contributed by atoms with Crippen molar-refractivity contribution in [2.75, 3.05) is 7.05 Å². The number of phenolic OH excluding ortho intramolecular Hbond substituents is 1. The van der Waals surface area contributed by atoms with Crippen molar-refractivity contribution in [2.45, 2.75) is 38.3 Å². The van der Waals surface area contributed by atoms with Crippen LogP contribution in [0.25, 0.3) is 0 Å². The van der Waals surface area contributed by atoms with E-state index in [2.05, 4.69) is 30.1 Å². The third-order valence-corrected chi connectivity index (χ3v) is 6.13. The van der Waals surface area contributed by atoms with Crippen LogP contribution in [0.3, 0.4) is 0 Å². The van der Waals surface area contributed by atoms with Gasteiger partial charge in [0.05, 0.1) is 0 Å². The molecule has 3 heteroatoms. The predicted octanol–water partition coefficient (Wildman–Crippen LogP) is 4.67. The average Bonchev–Trinajstić information content (AvgIpc) is 2.85. The summed E-state index contributed by atoms with van der Waals surface area (Å²) in [7, 11) is 2.26. The molecule has 2 nitrogen and oxygen atoms in total. The first kappa shape index (κ1) is 16.0. The third kappa shape index (κ3) is 3.05. The van der Waals surface area contributed by atoms with Crippen LogP contribution < -0.4 is 0 Å². The van der Waals surface area contributed by atoms with Gasteiger partial charge < -0.3 is 5.11 Å². The Balaban J connectivity index is 1.55. The zero-order valence-electron chi connectivity index (χ0n) is 14.1. The lowest BCUT2D eigenvalue weighted by molar-refractivity contribution is 0.153. The Hall–Kier alpha value is -1.51. The van der Waals surface area contributed by atoms with Gasteiger partial charge in [0.2, 0.25) is 0 Å². The van der Waals surface area contributed by atoms with E-state index in [0.717, 1.165) is 30.3 Å². The molecule has 3 atom stereocenters. The highest BCUT2D eigenvalue weighted by atomic mass is 35.5. The summed E-state index contributed by atoms with van der Waals surface area (Å²) in [6.07, 6.45) is 4.85. The van der Waals surface area contributed by atoms with E-state index >= 15 is 0 Å². The molecule has 126 valence electrons. The second-order valence-corrected chi connectivity index (χ2v) is 7.93. The Morgan fingerprint density at radius 1 is 1.00 bits per heavy atom. The van der Waals surface area contributed by atoms with Crippen LogP contribution in [0.2, 0.25) is 5.02 Å². The quantitative estimate of drug-likeness (QED) is 0.876. The van der Waals surface area contributed by atoms with Crippen molar-refractivity contribution in [1.82, 2.24) is 4.90 Å². The molecule has 1 N–H and O–H groups in total. The highest BCUT2D eigenvalue weighted by molar-refractivity contribution is 6.30. The van der Waals surface area contributed by atoms with Gasteiger partial charge in [0, 0.05) is 17.6 Å². The minimum Gasteiger partial charge on any atom is -0.508 e. The normalized spacial score (nSPS) is 25.5. The highest BCUT2D eigenvalue weighted by Gasteiger charge is 2.41. The molecule has 0 heterocycles. The zero-order chi connectivity index (χ0) is 16.7. The van der Waals surface area contributed by atoms with Crippen LogP contribution in [-0.2, 0) is 19.4 Å². The monoisotopic (exact) mass is 341 g/mol. The second-order valence-electron chi connectivity index (χ2n) is 7.49. The molecule has 0 saturated heterocycles. The molecule has 2 bridgehead atoms. The minimum absolute atomic E-state index is 0.401. The lowest BCUT2D eigenvalue weighted by Gasteiger charge is -2.32. The van der Waals surface area contributed by atoms with E-state index in [1.807, 2.05) is 24.3 Å². The van der Waals surface area contributed by atoms with E-state index in [-0.39, 0.29) is 0 Å². The molecule has 1 fully saturated rings. The van der Waals surface area contributed by atoms with Gasteiger partial charge in [-0.25, -0.2) is 0 Å². The van der Waals surface area contributed by atoms with E-state index in [1.165, 1.54) is 29.5 Å². The number of hydrogen-bond donors (Lipinski definition) is 1. The van der Waals surface area contributed by atoms with Gasteiger partial charge in [-0.3, -0.25) is 4.90 Å². The number of nitrogens with zero attached hydrogens (tertiary/aromatic N) is 1. The fourth-order valence-corrected chi connectivity index (χ4v) is 5.00. The lowest BCUT2D eigenvalue weighted by Crippen LogP contribution is -2.39. The van der Waals surface area contributed by atoms with Crippen LogP contribution in [0.4, 0.5) is 0 Å². The topological polar surface area (TPSA) is 23.5 Å². The molecule has 4 rings (SSSR count). The molecule has 0 amide bonds. The van der Waals surface area contributed by atoms with Gasteiger partial charge in [-0.15, -0.1) is 0 Å². The summed E-state index contributed by atoms with van der Waals surface area (Å²) in [6.45, 7) is 0.969. The number of aromatic hydroxyl groups is 1. The first-order valence-corrected chi connectivity index (χ1v) is 9.23. The summed E-state index contributed by atoms with van der Waals surface area (Å²) in [5.41, 5.74) is 4.11. The Labute approximate surface area is 149 Å². The third-order valence-electron chi connectivity index (χ3n) is 5.88. The van der Waals surface area contributed by atoms with Crippen LogP contribution in [0, 0.1) is 11.8 Å². The van der Waals surface area contributed by atoms with Crippen LogP contribution in [0.1, 0.15) is 29.5 Å². The Morgan fingerprint density at radius 3 is 2.38 bits per heavy atom. The largest absolute Gasteiger partial charge is 0.508 e. The van der Waals surface area contributed by atoms with Gasteiger partial charge in [-0.2, -0.15) is 0 Å². The summed E-state index contributed by atoms with van der Waals surface area (Å²) in [4.78, 5) is 2.54. The molecule has 2 aromatic carbocycles. The molecule has 2 aliphatic carbocycles. The Bertz CT molecular complexity index is 727. The predicted molar refractivity (Wildman–Crippen MR) is 98.4 cm³/mol. The SMILES string of the molecule is CN(Cc1ccc(Cl)cc1)C1C2CCC1Cc1cc(O)ccc1C2. The molecule has 0 aromatic heterocycles. The number of rotatable bonds is 3. The summed E-state index contributed by atoms with van der Waals surface area (Å²) in [6, 6.07) is 14.8. The first-order valence-electron chi connectivity index (χ1n) is 8.85. The van der Waals surface area contributed by atoms with Gasteiger partial charge >= 0.3 is 0 Å². The molecule has 2 aromatic rings. The maximum atomic E-state index is 9.82. The van der Waals surface area contributed by atoms with Crippen molar-refractivity contribution < 1.29 is 5.11 Å². The van der Waals surface area contributed by atoms with Gasteiger partial charge in [0.1, 0.15) is 5.75 Å². The molecular formula is C21H24ClNO. The standard InChI is InChI=1S/C21H24ClNO/c1-23(13-14-2-7-19(22)8-3-14)21-16-4-5-17(21)11-18-12-20(24)9-6-15(18)10-16/h2-3,6-9,12,16-17,21,24H,4-5,10-11,13H2,1H3. The van der Waals surface area contributed by atoms with Crippen molar-refractivity contribution in [3.8, 4) is 5.75 Å². The molecule has 2 aliphatic rings. The molecule has 1 saturated carbocycles. The van der Waals surface area contributed by atoms with Gasteiger partial charge in [0.25, 0.3) is 0 Å². The highest BCUT2D eigenvalue weighted by Crippen LogP contribution is 2.43. The fourth-order valence-electron chi connectivity index (χ4n) is 4.87. The number of benzene rings is 2. The number of halogens is 1. The van der Waals surface area contributed by atoms with E-state index in [0.29, 0.717) is 17.7 Å². The average molecular weight is 342 g/mol. The zero-order valence-corrected chi connectivity index (χ0v) is 14.8. The molecular weight excluding hydrogens is 318 g/mol. The molecule has 0 radical (unpaired) electrons. The molecule has 3 unspecified atom stereocenters. The van der Waals surface area contributed by atoms with E-state index in [1.54, 1.807) is 0 Å². The molecule has 0 spiro atoms. The number of fused-ring (bicyclic) bond motifs is 3. The van der Waals surface area contributed by atoms with Crippen molar-refractivity contribution in [1.29, 1.82) is 0 Å². The fraction of sp³-hybridized carbons (Fsp3) is 0.429. The van der Waals surface area contributed by atoms with Crippen molar-refractivity contribution in [2.24, 2.45) is 11.8 Å². The summed E-state index contributed by atoms with van der Waals surface area (Å²) >= 11 is 6.01. The molecule has 0 aliphatic heterocycles. The van der Waals surface area contributed by atoms with Crippen LogP contribution in [0.5, 0.6) is 5.75 Å². The maximum Gasteiger partial charge on any atom is 0.115 e. The summed E-state index contributed by atoms with van der Waals surface area (Å²) in [5.74, 6) is 1.81. The lowest BCUT2D eigenvalue weighted by atomic mass is 9.93. The van der Waals surface area contributed by atoms with Crippen LogP contribution in [-0.4, -0.2) is 23.1 Å². The van der Waals surface area contributed by atoms with E-state index in [4.69, 9.17) is 11.6 Å². The number of hydrogen-bond acceptors (Lipinski definition) is 2. The summed E-state index contributed by atoms with van der Waals surface area (Å²) < 4.78 is 0. The first-order chi connectivity index (χ1) is 11.6. The van der Waals surface area contributed by atoms with E-state index < -0.39 is 0 Å². The van der Waals surface area contributed by atoms with Crippen molar-refractivity contribution in [3.05, 3.63) is 64.2 Å². The Morgan fingerprint density at radius 2 is 1.67 bits per heavy atom. The van der Waals surface area contributed by atoms with E-state index in [9.17, 15) is 5.11 Å². The minimum atomic E-state index is 0.401. The van der Waals surface area contributed by atoms with Crippen LogP contribution >= 0.6 is 11.6 Å². The Kier molecular flexibility index (Phi) is 4.28. The maximum absolute atomic E-state index is 9.82. The van der Waals surface area contributed by atoms with Crippen molar-refractivity contribution in [3.63, 3.8) is 0 Å².